The Balaban J connectivity index is 1.48. The zero-order valence-corrected chi connectivity index (χ0v) is 16.5. The Morgan fingerprint density at radius 3 is 2.38 bits per heavy atom. The van der Waals surface area contributed by atoms with Crippen LogP contribution in [0.5, 0.6) is 0 Å². The lowest BCUT2D eigenvalue weighted by Gasteiger charge is -2.36. The van der Waals surface area contributed by atoms with E-state index in [0.29, 0.717) is 25.9 Å². The highest BCUT2D eigenvalue weighted by Crippen LogP contribution is 2.24. The van der Waals surface area contributed by atoms with Gasteiger partial charge >= 0.3 is 0 Å². The van der Waals surface area contributed by atoms with Gasteiger partial charge in [-0.05, 0) is 24.3 Å². The minimum atomic E-state index is -0.223. The van der Waals surface area contributed by atoms with Crippen LogP contribution in [0.4, 0.5) is 10.1 Å². The zero-order valence-electron chi connectivity index (χ0n) is 15.7. The van der Waals surface area contributed by atoms with E-state index in [1.54, 1.807) is 23.5 Å². The Morgan fingerprint density at radius 2 is 1.81 bits per heavy atom. The summed E-state index contributed by atoms with van der Waals surface area (Å²) in [5.74, 6) is -0.0318. The van der Waals surface area contributed by atoms with Crippen molar-refractivity contribution in [3.05, 3.63) is 46.2 Å². The standard InChI is InChI=1S/C20H26FN3OS/c1-20(2,3)17-14-26-18(22-17)8-9-19(25)24-12-10-23(11-13-24)16-6-4-15(21)5-7-16/h4-7,14H,8-13H2,1-3H3. The van der Waals surface area contributed by atoms with Crippen LogP contribution in [0, 0.1) is 5.82 Å². The zero-order chi connectivity index (χ0) is 18.7. The quantitative estimate of drug-likeness (QED) is 0.814. The lowest BCUT2D eigenvalue weighted by Crippen LogP contribution is -2.48. The minimum absolute atomic E-state index is 0.0510. The molecular weight excluding hydrogens is 349 g/mol. The van der Waals surface area contributed by atoms with Gasteiger partial charge < -0.3 is 9.80 Å². The maximum atomic E-state index is 13.0. The van der Waals surface area contributed by atoms with Crippen LogP contribution in [0.1, 0.15) is 37.9 Å². The molecule has 1 fully saturated rings. The molecule has 1 saturated heterocycles. The van der Waals surface area contributed by atoms with E-state index in [9.17, 15) is 9.18 Å². The molecule has 4 nitrogen and oxygen atoms in total. The lowest BCUT2D eigenvalue weighted by molar-refractivity contribution is -0.131. The second-order valence-electron chi connectivity index (χ2n) is 7.72. The second-order valence-corrected chi connectivity index (χ2v) is 8.66. The van der Waals surface area contributed by atoms with Gasteiger partial charge in [0.25, 0.3) is 0 Å². The number of halogens is 1. The molecule has 1 amide bonds. The number of rotatable bonds is 4. The summed E-state index contributed by atoms with van der Waals surface area (Å²) < 4.78 is 13.0. The fourth-order valence-electron chi connectivity index (χ4n) is 3.01. The predicted octanol–water partition coefficient (Wildman–Crippen LogP) is 3.86. The van der Waals surface area contributed by atoms with Crippen LogP contribution in [-0.4, -0.2) is 42.0 Å². The maximum absolute atomic E-state index is 13.0. The van der Waals surface area contributed by atoms with Gasteiger partial charge in [0.15, 0.2) is 0 Å². The summed E-state index contributed by atoms with van der Waals surface area (Å²) in [4.78, 5) is 21.3. The summed E-state index contributed by atoms with van der Waals surface area (Å²) >= 11 is 1.64. The molecule has 0 aliphatic carbocycles. The van der Waals surface area contributed by atoms with Gasteiger partial charge in [-0.2, -0.15) is 0 Å². The van der Waals surface area contributed by atoms with Crippen LogP contribution in [-0.2, 0) is 16.6 Å². The van der Waals surface area contributed by atoms with Crippen molar-refractivity contribution in [2.75, 3.05) is 31.1 Å². The summed E-state index contributed by atoms with van der Waals surface area (Å²) in [6, 6.07) is 6.55. The molecule has 0 atom stereocenters. The van der Waals surface area contributed by atoms with E-state index in [-0.39, 0.29) is 17.1 Å². The molecule has 2 aromatic rings. The minimum Gasteiger partial charge on any atom is -0.368 e. The van der Waals surface area contributed by atoms with Gasteiger partial charge in [-0.3, -0.25) is 4.79 Å². The second kappa shape index (κ2) is 7.74. The number of carbonyl (C=O) groups excluding carboxylic acids is 1. The Kier molecular flexibility index (Phi) is 5.61. The van der Waals surface area contributed by atoms with E-state index in [1.165, 1.54) is 12.1 Å². The highest BCUT2D eigenvalue weighted by Gasteiger charge is 2.22. The Labute approximate surface area is 158 Å². The molecule has 1 aromatic carbocycles. The Hall–Kier alpha value is -1.95. The van der Waals surface area contributed by atoms with Crippen molar-refractivity contribution in [1.29, 1.82) is 0 Å². The van der Waals surface area contributed by atoms with Crippen LogP contribution in [0.3, 0.4) is 0 Å². The van der Waals surface area contributed by atoms with Crippen LogP contribution in [0.25, 0.3) is 0 Å². The summed E-state index contributed by atoms with van der Waals surface area (Å²) in [6.45, 7) is 9.43. The smallest absolute Gasteiger partial charge is 0.223 e. The first-order valence-electron chi connectivity index (χ1n) is 9.06. The Bertz CT molecular complexity index is 743. The van der Waals surface area contributed by atoms with Crippen molar-refractivity contribution in [2.45, 2.75) is 39.0 Å². The summed E-state index contributed by atoms with van der Waals surface area (Å²) in [5.41, 5.74) is 2.16. The maximum Gasteiger partial charge on any atom is 0.223 e. The molecule has 0 bridgehead atoms. The molecule has 1 aliphatic heterocycles. The predicted molar refractivity (Wildman–Crippen MR) is 104 cm³/mol. The van der Waals surface area contributed by atoms with Crippen LogP contribution in [0.2, 0.25) is 0 Å². The van der Waals surface area contributed by atoms with Crippen LogP contribution >= 0.6 is 11.3 Å². The molecule has 26 heavy (non-hydrogen) atoms. The van der Waals surface area contributed by atoms with E-state index < -0.39 is 0 Å². The summed E-state index contributed by atoms with van der Waals surface area (Å²) in [6.07, 6.45) is 1.21. The van der Waals surface area contributed by atoms with E-state index in [4.69, 9.17) is 0 Å². The number of aromatic nitrogens is 1. The number of anilines is 1. The summed E-state index contributed by atoms with van der Waals surface area (Å²) in [5, 5.41) is 3.13. The van der Waals surface area contributed by atoms with Crippen molar-refractivity contribution < 1.29 is 9.18 Å². The normalized spacial score (nSPS) is 15.4. The van der Waals surface area contributed by atoms with Crippen molar-refractivity contribution in [3.8, 4) is 0 Å². The van der Waals surface area contributed by atoms with Crippen LogP contribution in [0.15, 0.2) is 29.6 Å². The molecule has 140 valence electrons. The molecule has 0 radical (unpaired) electrons. The molecule has 1 aromatic heterocycles. The third-order valence-corrected chi connectivity index (χ3v) is 5.61. The molecular formula is C20H26FN3OS. The highest BCUT2D eigenvalue weighted by atomic mass is 32.1. The van der Waals surface area contributed by atoms with E-state index in [0.717, 1.165) is 29.5 Å². The summed E-state index contributed by atoms with van der Waals surface area (Å²) in [7, 11) is 0. The van der Waals surface area contributed by atoms with Crippen LogP contribution < -0.4 is 4.90 Å². The van der Waals surface area contributed by atoms with E-state index in [2.05, 4.69) is 36.0 Å². The topological polar surface area (TPSA) is 36.4 Å². The molecule has 0 saturated carbocycles. The average molecular weight is 376 g/mol. The fourth-order valence-corrected chi connectivity index (χ4v) is 4.03. The first kappa shape index (κ1) is 18.8. The fraction of sp³-hybridized carbons (Fsp3) is 0.500. The molecule has 0 spiro atoms. The van der Waals surface area contributed by atoms with Crippen molar-refractivity contribution in [2.24, 2.45) is 0 Å². The molecule has 3 rings (SSSR count). The number of amides is 1. The molecule has 1 aliphatic rings. The van der Waals surface area contributed by atoms with Gasteiger partial charge in [-0.1, -0.05) is 20.8 Å². The van der Waals surface area contributed by atoms with E-state index >= 15 is 0 Å². The monoisotopic (exact) mass is 375 g/mol. The van der Waals surface area contributed by atoms with Gasteiger partial charge in [0.05, 0.1) is 10.7 Å². The van der Waals surface area contributed by atoms with Gasteiger partial charge in [0.1, 0.15) is 5.82 Å². The first-order chi connectivity index (χ1) is 12.3. The van der Waals surface area contributed by atoms with Gasteiger partial charge in [-0.25, -0.2) is 9.37 Å². The number of piperazine rings is 1. The third kappa shape index (κ3) is 4.61. The molecule has 2 heterocycles. The number of benzene rings is 1. The first-order valence-corrected chi connectivity index (χ1v) is 9.94. The molecule has 6 heteroatoms. The number of nitrogens with zero attached hydrogens (tertiary/aromatic N) is 3. The number of hydrogen-bond acceptors (Lipinski definition) is 4. The number of thiazole rings is 1. The van der Waals surface area contributed by atoms with E-state index in [1.807, 2.05) is 4.90 Å². The molecule has 0 N–H and O–H groups in total. The molecule has 0 unspecified atom stereocenters. The van der Waals surface area contributed by atoms with Crippen molar-refractivity contribution in [1.82, 2.24) is 9.88 Å². The van der Waals surface area contributed by atoms with Crippen molar-refractivity contribution in [3.63, 3.8) is 0 Å². The van der Waals surface area contributed by atoms with Gasteiger partial charge in [0.2, 0.25) is 5.91 Å². The Morgan fingerprint density at radius 1 is 1.15 bits per heavy atom. The van der Waals surface area contributed by atoms with Gasteiger partial charge in [0, 0.05) is 55.5 Å². The highest BCUT2D eigenvalue weighted by molar-refractivity contribution is 7.09. The average Bonchev–Trinajstić information content (AvgIpc) is 3.10. The third-order valence-electron chi connectivity index (χ3n) is 4.70. The SMILES string of the molecule is CC(C)(C)c1csc(CCC(=O)N2CCN(c3ccc(F)cc3)CC2)n1. The van der Waals surface area contributed by atoms with Crippen molar-refractivity contribution >= 4 is 22.9 Å². The number of carbonyl (C=O) groups is 1. The largest absolute Gasteiger partial charge is 0.368 e. The van der Waals surface area contributed by atoms with Gasteiger partial charge in [-0.15, -0.1) is 11.3 Å². The lowest BCUT2D eigenvalue weighted by atomic mass is 9.93. The number of aryl methyl sites for hydroxylation is 1. The number of hydrogen-bond donors (Lipinski definition) is 0.